The van der Waals surface area contributed by atoms with Crippen LogP contribution in [0, 0.1) is 18.3 Å². The summed E-state index contributed by atoms with van der Waals surface area (Å²) in [6.07, 6.45) is 0. The lowest BCUT2D eigenvalue weighted by Crippen LogP contribution is -2.01. The van der Waals surface area contributed by atoms with Crippen LogP contribution in [0.5, 0.6) is 5.75 Å². The molecule has 0 aliphatic rings. The zero-order valence-corrected chi connectivity index (χ0v) is 11.1. The average molecular weight is 252 g/mol. The Kier molecular flexibility index (Phi) is 4.04. The zero-order chi connectivity index (χ0) is 13.7. The lowest BCUT2D eigenvalue weighted by atomic mass is 10.1. The number of rotatable bonds is 4. The molecule has 3 nitrogen and oxygen atoms in total. The van der Waals surface area contributed by atoms with Crippen molar-refractivity contribution in [2.75, 3.05) is 12.4 Å². The third-order valence-corrected chi connectivity index (χ3v) is 3.02. The lowest BCUT2D eigenvalue weighted by Gasteiger charge is -2.10. The molecule has 0 aliphatic heterocycles. The van der Waals surface area contributed by atoms with Crippen molar-refractivity contribution in [2.24, 2.45) is 0 Å². The van der Waals surface area contributed by atoms with E-state index in [1.54, 1.807) is 7.11 Å². The van der Waals surface area contributed by atoms with Crippen molar-refractivity contribution >= 4 is 5.69 Å². The van der Waals surface area contributed by atoms with Crippen LogP contribution in [-0.2, 0) is 6.54 Å². The van der Waals surface area contributed by atoms with Gasteiger partial charge in [-0.25, -0.2) is 0 Å². The van der Waals surface area contributed by atoms with Crippen molar-refractivity contribution in [2.45, 2.75) is 13.5 Å². The van der Waals surface area contributed by atoms with E-state index in [1.807, 2.05) is 49.4 Å². The highest BCUT2D eigenvalue weighted by Gasteiger charge is 2.01. The summed E-state index contributed by atoms with van der Waals surface area (Å²) < 4.78 is 5.18. The molecular formula is C16H16N2O. The number of benzene rings is 2. The van der Waals surface area contributed by atoms with E-state index in [9.17, 15) is 0 Å². The van der Waals surface area contributed by atoms with Gasteiger partial charge in [-0.2, -0.15) is 5.26 Å². The number of hydrogen-bond donors (Lipinski definition) is 1. The predicted octanol–water partition coefficient (Wildman–Crippen LogP) is 3.49. The number of nitriles is 1. The normalized spacial score (nSPS) is 9.74. The molecule has 0 fully saturated rings. The van der Waals surface area contributed by atoms with Gasteiger partial charge in [0.1, 0.15) is 5.75 Å². The van der Waals surface area contributed by atoms with E-state index in [1.165, 1.54) is 5.56 Å². The van der Waals surface area contributed by atoms with E-state index >= 15 is 0 Å². The molecule has 0 amide bonds. The van der Waals surface area contributed by atoms with Gasteiger partial charge in [0, 0.05) is 18.3 Å². The molecule has 0 spiro atoms. The van der Waals surface area contributed by atoms with Crippen molar-refractivity contribution in [1.82, 2.24) is 0 Å². The van der Waals surface area contributed by atoms with Crippen LogP contribution < -0.4 is 10.1 Å². The highest BCUT2D eigenvalue weighted by Crippen LogP contribution is 2.18. The van der Waals surface area contributed by atoms with Gasteiger partial charge in [-0.1, -0.05) is 12.1 Å². The van der Waals surface area contributed by atoms with E-state index in [4.69, 9.17) is 10.00 Å². The molecule has 2 aromatic carbocycles. The summed E-state index contributed by atoms with van der Waals surface area (Å²) in [5.74, 6) is 0.835. The van der Waals surface area contributed by atoms with Crippen LogP contribution in [0.25, 0.3) is 0 Å². The van der Waals surface area contributed by atoms with Crippen molar-refractivity contribution in [1.29, 1.82) is 5.26 Å². The SMILES string of the molecule is COc1cccc(NCc2ccc(C#N)cc2C)c1. The van der Waals surface area contributed by atoms with Crippen LogP contribution in [0.3, 0.4) is 0 Å². The molecule has 0 aromatic heterocycles. The standard InChI is InChI=1S/C16H16N2O/c1-12-8-13(10-17)6-7-14(12)11-18-15-4-3-5-16(9-15)19-2/h3-9,18H,11H2,1-2H3. The molecule has 1 N–H and O–H groups in total. The summed E-state index contributed by atoms with van der Waals surface area (Å²) in [6, 6.07) is 15.7. The maximum atomic E-state index is 8.84. The van der Waals surface area contributed by atoms with Crippen LogP contribution in [0.4, 0.5) is 5.69 Å². The van der Waals surface area contributed by atoms with E-state index < -0.39 is 0 Å². The Labute approximate surface area is 113 Å². The van der Waals surface area contributed by atoms with Crippen LogP contribution in [-0.4, -0.2) is 7.11 Å². The molecule has 0 saturated heterocycles. The minimum atomic E-state index is 0.697. The van der Waals surface area contributed by atoms with Crippen LogP contribution >= 0.6 is 0 Å². The first-order chi connectivity index (χ1) is 9.22. The fourth-order valence-electron chi connectivity index (χ4n) is 1.89. The smallest absolute Gasteiger partial charge is 0.120 e. The Morgan fingerprint density at radius 2 is 2.05 bits per heavy atom. The Morgan fingerprint density at radius 3 is 2.74 bits per heavy atom. The van der Waals surface area contributed by atoms with Gasteiger partial charge in [0.15, 0.2) is 0 Å². The zero-order valence-electron chi connectivity index (χ0n) is 11.1. The molecule has 2 aromatic rings. The molecule has 3 heteroatoms. The molecule has 0 bridgehead atoms. The minimum absolute atomic E-state index is 0.697. The molecule has 0 unspecified atom stereocenters. The second-order valence-corrected chi connectivity index (χ2v) is 4.34. The Morgan fingerprint density at radius 1 is 1.21 bits per heavy atom. The largest absolute Gasteiger partial charge is 0.497 e. The molecule has 0 saturated carbocycles. The topological polar surface area (TPSA) is 45.0 Å². The Bertz CT molecular complexity index is 614. The third kappa shape index (κ3) is 3.26. The first-order valence-electron chi connectivity index (χ1n) is 6.10. The number of aryl methyl sites for hydroxylation is 1. The molecule has 96 valence electrons. The second kappa shape index (κ2) is 5.92. The maximum Gasteiger partial charge on any atom is 0.120 e. The molecule has 19 heavy (non-hydrogen) atoms. The van der Waals surface area contributed by atoms with Crippen LogP contribution in [0.2, 0.25) is 0 Å². The molecule has 0 heterocycles. The summed E-state index contributed by atoms with van der Waals surface area (Å²) in [6.45, 7) is 2.74. The van der Waals surface area contributed by atoms with Crippen molar-refractivity contribution in [3.63, 3.8) is 0 Å². The van der Waals surface area contributed by atoms with Crippen LogP contribution in [0.15, 0.2) is 42.5 Å². The van der Waals surface area contributed by atoms with Gasteiger partial charge in [0.25, 0.3) is 0 Å². The van der Waals surface area contributed by atoms with Gasteiger partial charge in [-0.05, 0) is 42.3 Å². The summed E-state index contributed by atoms with van der Waals surface area (Å²) in [7, 11) is 1.66. The number of nitrogens with one attached hydrogen (secondary N) is 1. The highest BCUT2D eigenvalue weighted by atomic mass is 16.5. The van der Waals surface area contributed by atoms with Gasteiger partial charge in [0.2, 0.25) is 0 Å². The molecule has 2 rings (SSSR count). The second-order valence-electron chi connectivity index (χ2n) is 4.34. The summed E-state index contributed by atoms with van der Waals surface area (Å²) in [5, 5.41) is 12.2. The van der Waals surface area contributed by atoms with Gasteiger partial charge < -0.3 is 10.1 Å². The lowest BCUT2D eigenvalue weighted by molar-refractivity contribution is 0.415. The average Bonchev–Trinajstić information content (AvgIpc) is 2.46. The number of methoxy groups -OCH3 is 1. The minimum Gasteiger partial charge on any atom is -0.497 e. The van der Waals surface area contributed by atoms with Gasteiger partial charge in [-0.3, -0.25) is 0 Å². The van der Waals surface area contributed by atoms with E-state index in [0.29, 0.717) is 5.56 Å². The summed E-state index contributed by atoms with van der Waals surface area (Å²) in [4.78, 5) is 0. The van der Waals surface area contributed by atoms with E-state index in [0.717, 1.165) is 23.5 Å². The van der Waals surface area contributed by atoms with Gasteiger partial charge >= 0.3 is 0 Å². The summed E-state index contributed by atoms with van der Waals surface area (Å²) in [5.41, 5.74) is 4.02. The highest BCUT2D eigenvalue weighted by molar-refractivity contribution is 5.49. The molecule has 0 radical (unpaired) electrons. The fraction of sp³-hybridized carbons (Fsp3) is 0.188. The molecule has 0 atom stereocenters. The number of anilines is 1. The Hall–Kier alpha value is -2.47. The maximum absolute atomic E-state index is 8.84. The first kappa shape index (κ1) is 13.0. The fourth-order valence-corrected chi connectivity index (χ4v) is 1.89. The summed E-state index contributed by atoms with van der Waals surface area (Å²) >= 11 is 0. The molecule has 0 aliphatic carbocycles. The third-order valence-electron chi connectivity index (χ3n) is 3.02. The monoisotopic (exact) mass is 252 g/mol. The van der Waals surface area contributed by atoms with Crippen LogP contribution in [0.1, 0.15) is 16.7 Å². The van der Waals surface area contributed by atoms with Crippen molar-refractivity contribution in [3.05, 3.63) is 59.2 Å². The van der Waals surface area contributed by atoms with Gasteiger partial charge in [0.05, 0.1) is 18.7 Å². The quantitative estimate of drug-likeness (QED) is 0.906. The first-order valence-corrected chi connectivity index (χ1v) is 6.10. The van der Waals surface area contributed by atoms with E-state index in [-0.39, 0.29) is 0 Å². The van der Waals surface area contributed by atoms with Crippen molar-refractivity contribution in [3.8, 4) is 11.8 Å². The van der Waals surface area contributed by atoms with Gasteiger partial charge in [-0.15, -0.1) is 0 Å². The number of hydrogen-bond acceptors (Lipinski definition) is 3. The number of ether oxygens (including phenoxy) is 1. The number of nitrogens with zero attached hydrogens (tertiary/aromatic N) is 1. The molecular weight excluding hydrogens is 236 g/mol. The van der Waals surface area contributed by atoms with E-state index in [2.05, 4.69) is 11.4 Å². The van der Waals surface area contributed by atoms with Crippen molar-refractivity contribution < 1.29 is 4.74 Å². The Balaban J connectivity index is 2.08. The predicted molar refractivity (Wildman–Crippen MR) is 76.2 cm³/mol.